The van der Waals surface area contributed by atoms with Gasteiger partial charge in [-0.05, 0) is 148 Å². The molecule has 4 saturated carbocycles. The molecular formula is C50H39NO. The minimum atomic E-state index is 0.118. The second-order valence-corrected chi connectivity index (χ2v) is 16.2. The van der Waals surface area contributed by atoms with Gasteiger partial charge in [0.05, 0.1) is 0 Å². The van der Waals surface area contributed by atoms with Crippen LogP contribution in [0.25, 0.3) is 55.0 Å². The summed E-state index contributed by atoms with van der Waals surface area (Å²) in [5, 5.41) is 4.80. The fourth-order valence-corrected chi connectivity index (χ4v) is 11.8. The summed E-state index contributed by atoms with van der Waals surface area (Å²) in [6.45, 7) is 0. The molecule has 7 aromatic carbocycles. The van der Waals surface area contributed by atoms with Crippen LogP contribution in [-0.4, -0.2) is 0 Å². The lowest BCUT2D eigenvalue weighted by Crippen LogP contribution is -2.55. The molecule has 2 nitrogen and oxygen atoms in total. The van der Waals surface area contributed by atoms with E-state index in [1.54, 1.807) is 11.1 Å². The summed E-state index contributed by atoms with van der Waals surface area (Å²) in [4.78, 5) is 2.45. The average Bonchev–Trinajstić information content (AvgIpc) is 3.70. The molecule has 8 aromatic rings. The molecule has 0 saturated heterocycles. The van der Waals surface area contributed by atoms with Gasteiger partial charge in [0.15, 0.2) is 0 Å². The molecule has 1 aromatic heterocycles. The smallest absolute Gasteiger partial charge is 0.137 e. The van der Waals surface area contributed by atoms with Crippen molar-refractivity contribution in [3.63, 3.8) is 0 Å². The van der Waals surface area contributed by atoms with E-state index in [4.69, 9.17) is 4.42 Å². The maximum atomic E-state index is 6.46. The van der Waals surface area contributed by atoms with Crippen LogP contribution in [0.3, 0.4) is 0 Å². The Morgan fingerprint density at radius 3 is 1.88 bits per heavy atom. The highest BCUT2D eigenvalue weighted by atomic mass is 16.3. The van der Waals surface area contributed by atoms with Crippen molar-refractivity contribution in [2.45, 2.75) is 37.5 Å². The molecule has 4 bridgehead atoms. The number of furan rings is 1. The van der Waals surface area contributed by atoms with Gasteiger partial charge in [-0.25, -0.2) is 0 Å². The Morgan fingerprint density at radius 2 is 1.06 bits per heavy atom. The molecule has 250 valence electrons. The van der Waals surface area contributed by atoms with E-state index in [0.29, 0.717) is 0 Å². The van der Waals surface area contributed by atoms with Gasteiger partial charge in [-0.1, -0.05) is 97.1 Å². The van der Waals surface area contributed by atoms with E-state index in [-0.39, 0.29) is 5.41 Å². The van der Waals surface area contributed by atoms with Crippen molar-refractivity contribution in [1.82, 2.24) is 0 Å². The third kappa shape index (κ3) is 4.01. The van der Waals surface area contributed by atoms with Crippen LogP contribution in [0.1, 0.15) is 43.2 Å². The third-order valence-electron chi connectivity index (χ3n) is 13.6. The molecule has 4 fully saturated rings. The van der Waals surface area contributed by atoms with Crippen LogP contribution < -0.4 is 4.90 Å². The standard InChI is InChI=1S/C50H39NO/c1-2-8-33(9-3-1)36-15-20-46-44(28-36)45-29-40(18-21-47(45)50(46)37-23-31-22-32(25-37)26-38(50)24-31)51(39-16-14-34-10-4-5-11-35(34)27-39)41-17-19-43-42-12-6-7-13-48(42)52-49(43)30-41/h1-21,27-32,37-38H,22-26H2. The van der Waals surface area contributed by atoms with Crippen LogP contribution in [0, 0.1) is 23.7 Å². The molecule has 0 atom stereocenters. The second kappa shape index (κ2) is 10.7. The first-order valence-corrected chi connectivity index (χ1v) is 19.3. The maximum Gasteiger partial charge on any atom is 0.137 e. The van der Waals surface area contributed by atoms with Crippen molar-refractivity contribution < 1.29 is 4.42 Å². The van der Waals surface area contributed by atoms with Gasteiger partial charge in [0, 0.05) is 39.3 Å². The number of para-hydroxylation sites is 1. The third-order valence-corrected chi connectivity index (χ3v) is 13.6. The summed E-state index contributed by atoms with van der Waals surface area (Å²) in [6, 6.07) is 56.6. The molecular weight excluding hydrogens is 631 g/mol. The summed E-state index contributed by atoms with van der Waals surface area (Å²) in [6.07, 6.45) is 7.00. The van der Waals surface area contributed by atoms with Crippen molar-refractivity contribution in [1.29, 1.82) is 0 Å². The van der Waals surface area contributed by atoms with Gasteiger partial charge in [-0.2, -0.15) is 0 Å². The van der Waals surface area contributed by atoms with Gasteiger partial charge < -0.3 is 9.32 Å². The molecule has 0 unspecified atom stereocenters. The van der Waals surface area contributed by atoms with Crippen molar-refractivity contribution in [2.75, 3.05) is 4.90 Å². The molecule has 0 aliphatic heterocycles. The Bertz CT molecular complexity index is 2690. The van der Waals surface area contributed by atoms with Crippen LogP contribution in [-0.2, 0) is 5.41 Å². The van der Waals surface area contributed by atoms with E-state index in [1.165, 1.54) is 70.8 Å². The number of anilines is 3. The summed E-state index contributed by atoms with van der Waals surface area (Å²) in [5.74, 6) is 3.29. The number of hydrogen-bond donors (Lipinski definition) is 0. The topological polar surface area (TPSA) is 16.4 Å². The first kappa shape index (κ1) is 29.0. The number of nitrogens with zero attached hydrogens (tertiary/aromatic N) is 1. The van der Waals surface area contributed by atoms with Gasteiger partial charge in [0.2, 0.25) is 0 Å². The average molecular weight is 670 g/mol. The maximum absolute atomic E-state index is 6.46. The molecule has 1 heterocycles. The van der Waals surface area contributed by atoms with Gasteiger partial charge in [0.1, 0.15) is 11.2 Å². The summed E-state index contributed by atoms with van der Waals surface area (Å²) < 4.78 is 6.46. The van der Waals surface area contributed by atoms with Gasteiger partial charge >= 0.3 is 0 Å². The molecule has 5 aliphatic rings. The first-order valence-electron chi connectivity index (χ1n) is 19.3. The van der Waals surface area contributed by atoms with E-state index in [2.05, 4.69) is 157 Å². The highest BCUT2D eigenvalue weighted by Crippen LogP contribution is 2.69. The van der Waals surface area contributed by atoms with E-state index in [0.717, 1.165) is 57.0 Å². The zero-order chi connectivity index (χ0) is 34.0. The van der Waals surface area contributed by atoms with Crippen LogP contribution in [0.4, 0.5) is 17.1 Å². The zero-order valence-corrected chi connectivity index (χ0v) is 29.1. The fraction of sp³-hybridized carbons (Fsp3) is 0.200. The lowest BCUT2D eigenvalue weighted by atomic mass is 9.43. The number of rotatable bonds is 4. The van der Waals surface area contributed by atoms with Gasteiger partial charge in [-0.15, -0.1) is 0 Å². The predicted octanol–water partition coefficient (Wildman–Crippen LogP) is 13.6. The van der Waals surface area contributed by atoms with Gasteiger partial charge in [-0.3, -0.25) is 0 Å². The number of benzene rings is 7. The monoisotopic (exact) mass is 669 g/mol. The molecule has 1 spiro atoms. The van der Waals surface area contributed by atoms with Crippen molar-refractivity contribution in [3.8, 4) is 22.3 Å². The lowest BCUT2D eigenvalue weighted by Gasteiger charge is -2.61. The quantitative estimate of drug-likeness (QED) is 0.185. The van der Waals surface area contributed by atoms with Crippen molar-refractivity contribution in [3.05, 3.63) is 163 Å². The van der Waals surface area contributed by atoms with Crippen LogP contribution in [0.15, 0.2) is 156 Å². The fourth-order valence-electron chi connectivity index (χ4n) is 11.8. The molecule has 52 heavy (non-hydrogen) atoms. The summed E-state index contributed by atoms with van der Waals surface area (Å²) in [5.41, 5.74) is 14.0. The van der Waals surface area contributed by atoms with Crippen molar-refractivity contribution >= 4 is 49.8 Å². The highest BCUT2D eigenvalue weighted by molar-refractivity contribution is 6.06. The molecule has 2 heteroatoms. The normalized spacial score (nSPS) is 23.8. The Morgan fingerprint density at radius 1 is 0.442 bits per heavy atom. The van der Waals surface area contributed by atoms with Crippen LogP contribution in [0.2, 0.25) is 0 Å². The van der Waals surface area contributed by atoms with Gasteiger partial charge in [0.25, 0.3) is 0 Å². The predicted molar refractivity (Wildman–Crippen MR) is 215 cm³/mol. The summed E-state index contributed by atoms with van der Waals surface area (Å²) in [7, 11) is 0. The Kier molecular flexibility index (Phi) is 5.98. The molecule has 0 N–H and O–H groups in total. The van der Waals surface area contributed by atoms with E-state index >= 15 is 0 Å². The first-order chi connectivity index (χ1) is 25.7. The Balaban J connectivity index is 1.09. The largest absolute Gasteiger partial charge is 0.456 e. The van der Waals surface area contributed by atoms with E-state index in [9.17, 15) is 0 Å². The number of fused-ring (bicyclic) bond motifs is 7. The SMILES string of the molecule is c1ccc(-c2ccc3c(c2)-c2cc(N(c4ccc5ccccc5c4)c4ccc5c(c4)oc4ccccc45)ccc2C32C3CC4CC(C3)CC2C4)cc1. The molecule has 0 radical (unpaired) electrons. The Hall–Kier alpha value is -5.60. The van der Waals surface area contributed by atoms with Crippen molar-refractivity contribution in [2.24, 2.45) is 23.7 Å². The minimum Gasteiger partial charge on any atom is -0.456 e. The van der Waals surface area contributed by atoms with Crippen LogP contribution >= 0.6 is 0 Å². The lowest BCUT2D eigenvalue weighted by molar-refractivity contribution is -0.0399. The molecule has 13 rings (SSSR count). The highest BCUT2D eigenvalue weighted by Gasteiger charge is 2.61. The van der Waals surface area contributed by atoms with Crippen LogP contribution in [0.5, 0.6) is 0 Å². The molecule has 5 aliphatic carbocycles. The summed E-state index contributed by atoms with van der Waals surface area (Å²) >= 11 is 0. The molecule has 0 amide bonds. The second-order valence-electron chi connectivity index (χ2n) is 16.2. The van der Waals surface area contributed by atoms with E-state index < -0.39 is 0 Å². The number of hydrogen-bond acceptors (Lipinski definition) is 2. The Labute approximate surface area is 304 Å². The zero-order valence-electron chi connectivity index (χ0n) is 29.1. The minimum absolute atomic E-state index is 0.118. The van der Waals surface area contributed by atoms with E-state index in [1.807, 2.05) is 0 Å².